The lowest BCUT2D eigenvalue weighted by molar-refractivity contribution is -0.121. The third kappa shape index (κ3) is 5.14. The van der Waals surface area contributed by atoms with E-state index >= 15 is 0 Å². The third-order valence-corrected chi connectivity index (χ3v) is 5.43. The largest absolute Gasteiger partial charge is 0.497 e. The Morgan fingerprint density at radius 2 is 1.77 bits per heavy atom. The average Bonchev–Trinajstić information content (AvgIpc) is 2.62. The molecule has 0 aliphatic carbocycles. The van der Waals surface area contributed by atoms with Gasteiger partial charge in [-0.3, -0.25) is 4.79 Å². The fourth-order valence-electron chi connectivity index (χ4n) is 2.08. The molecule has 0 unspecified atom stereocenters. The van der Waals surface area contributed by atoms with Crippen molar-refractivity contribution in [3.8, 4) is 5.75 Å². The van der Waals surface area contributed by atoms with Crippen molar-refractivity contribution in [2.24, 2.45) is 5.10 Å². The normalized spacial score (nSPS) is 11.7. The number of methoxy groups -OCH3 is 1. The second-order valence-corrected chi connectivity index (χ2v) is 7.69. The fraction of sp³-hybridized carbons (Fsp3) is 0.222. The number of ether oxygens (including phenoxy) is 1. The number of benzene rings is 2. The van der Waals surface area contributed by atoms with E-state index in [2.05, 4.69) is 10.5 Å². The van der Waals surface area contributed by atoms with Crippen LogP contribution in [-0.4, -0.2) is 45.5 Å². The summed E-state index contributed by atoms with van der Waals surface area (Å²) < 4.78 is 30.9. The molecule has 0 saturated carbocycles. The Hall–Kier alpha value is -2.71. The Labute approximate surface area is 153 Å². The first-order chi connectivity index (χ1) is 12.3. The van der Waals surface area contributed by atoms with E-state index in [0.29, 0.717) is 5.75 Å². The average molecular weight is 375 g/mol. The van der Waals surface area contributed by atoms with Crippen LogP contribution in [0, 0.1) is 6.92 Å². The predicted octanol–water partition coefficient (Wildman–Crippen LogP) is 1.77. The van der Waals surface area contributed by atoms with E-state index in [1.807, 2.05) is 6.92 Å². The Morgan fingerprint density at radius 1 is 1.15 bits per heavy atom. The van der Waals surface area contributed by atoms with Gasteiger partial charge >= 0.3 is 0 Å². The zero-order valence-electron chi connectivity index (χ0n) is 14.8. The van der Waals surface area contributed by atoms with Gasteiger partial charge in [-0.15, -0.1) is 0 Å². The number of sulfonamides is 1. The van der Waals surface area contributed by atoms with Crippen LogP contribution in [0.25, 0.3) is 0 Å². The standard InChI is InChI=1S/C18H21N3O4S/c1-14-4-10-17(11-5-14)26(23,24)21(2)13-18(22)20-19-12-15-6-8-16(25-3)9-7-15/h4-12H,13H2,1-3H3,(H,20,22). The molecule has 7 nitrogen and oxygen atoms in total. The van der Waals surface area contributed by atoms with Gasteiger partial charge in [-0.05, 0) is 48.9 Å². The van der Waals surface area contributed by atoms with Crippen LogP contribution in [-0.2, 0) is 14.8 Å². The highest BCUT2D eigenvalue weighted by molar-refractivity contribution is 7.89. The van der Waals surface area contributed by atoms with Crippen molar-refractivity contribution in [1.82, 2.24) is 9.73 Å². The first kappa shape index (κ1) is 19.6. The maximum Gasteiger partial charge on any atom is 0.255 e. The third-order valence-electron chi connectivity index (χ3n) is 3.61. The van der Waals surface area contributed by atoms with E-state index in [9.17, 15) is 13.2 Å². The maximum atomic E-state index is 12.4. The van der Waals surface area contributed by atoms with Gasteiger partial charge in [-0.2, -0.15) is 9.41 Å². The SMILES string of the molecule is COc1ccc(C=NNC(=O)CN(C)S(=O)(=O)c2ccc(C)cc2)cc1. The van der Waals surface area contributed by atoms with Crippen LogP contribution in [0.2, 0.25) is 0 Å². The minimum Gasteiger partial charge on any atom is -0.497 e. The molecule has 26 heavy (non-hydrogen) atoms. The Morgan fingerprint density at radius 3 is 2.35 bits per heavy atom. The zero-order valence-corrected chi connectivity index (χ0v) is 15.7. The van der Waals surface area contributed by atoms with Gasteiger partial charge in [0.1, 0.15) is 5.75 Å². The molecule has 8 heteroatoms. The number of nitrogens with one attached hydrogen (secondary N) is 1. The molecule has 0 spiro atoms. The molecule has 1 N–H and O–H groups in total. The van der Waals surface area contributed by atoms with Crippen LogP contribution >= 0.6 is 0 Å². The van der Waals surface area contributed by atoms with Gasteiger partial charge in [0.2, 0.25) is 10.0 Å². The number of hydrogen-bond donors (Lipinski definition) is 1. The van der Waals surface area contributed by atoms with Gasteiger partial charge < -0.3 is 4.74 Å². The quantitative estimate of drug-likeness (QED) is 0.590. The molecule has 0 bridgehead atoms. The molecule has 0 aliphatic heterocycles. The van der Waals surface area contributed by atoms with Crippen LogP contribution < -0.4 is 10.2 Å². The number of rotatable bonds is 7. The Balaban J connectivity index is 1.93. The topological polar surface area (TPSA) is 88.1 Å². The van der Waals surface area contributed by atoms with Crippen LogP contribution in [0.5, 0.6) is 5.75 Å². The second kappa shape index (κ2) is 8.59. The molecular formula is C18H21N3O4S. The highest BCUT2D eigenvalue weighted by atomic mass is 32.2. The summed E-state index contributed by atoms with van der Waals surface area (Å²) >= 11 is 0. The summed E-state index contributed by atoms with van der Waals surface area (Å²) in [5.41, 5.74) is 4.04. The number of carbonyl (C=O) groups is 1. The monoisotopic (exact) mass is 375 g/mol. The molecule has 2 aromatic rings. The van der Waals surface area contributed by atoms with Gasteiger partial charge in [-0.25, -0.2) is 13.8 Å². The summed E-state index contributed by atoms with van der Waals surface area (Å²) in [6.07, 6.45) is 1.46. The van der Waals surface area contributed by atoms with Crippen molar-refractivity contribution in [1.29, 1.82) is 0 Å². The smallest absolute Gasteiger partial charge is 0.255 e. The molecular weight excluding hydrogens is 354 g/mol. The minimum atomic E-state index is -3.73. The summed E-state index contributed by atoms with van der Waals surface area (Å²) in [7, 11) is -0.806. The summed E-state index contributed by atoms with van der Waals surface area (Å²) in [5, 5.41) is 3.83. The summed E-state index contributed by atoms with van der Waals surface area (Å²) in [4.78, 5) is 12.1. The lowest BCUT2D eigenvalue weighted by atomic mass is 10.2. The van der Waals surface area contributed by atoms with Gasteiger partial charge in [0.25, 0.3) is 5.91 Å². The number of amides is 1. The molecule has 0 fully saturated rings. The van der Waals surface area contributed by atoms with Crippen LogP contribution in [0.15, 0.2) is 58.5 Å². The van der Waals surface area contributed by atoms with E-state index in [-0.39, 0.29) is 11.4 Å². The van der Waals surface area contributed by atoms with E-state index in [0.717, 1.165) is 15.4 Å². The molecule has 0 radical (unpaired) electrons. The number of hydrogen-bond acceptors (Lipinski definition) is 5. The molecule has 2 aromatic carbocycles. The number of hydrazone groups is 1. The van der Waals surface area contributed by atoms with Crippen LogP contribution in [0.3, 0.4) is 0 Å². The van der Waals surface area contributed by atoms with E-state index in [1.165, 1.54) is 25.4 Å². The number of nitrogens with zero attached hydrogens (tertiary/aromatic N) is 2. The molecule has 2 rings (SSSR count). The van der Waals surface area contributed by atoms with Crippen molar-refractivity contribution in [2.45, 2.75) is 11.8 Å². The van der Waals surface area contributed by atoms with Gasteiger partial charge in [0.05, 0.1) is 24.8 Å². The lowest BCUT2D eigenvalue weighted by Gasteiger charge is -2.16. The van der Waals surface area contributed by atoms with Crippen LogP contribution in [0.4, 0.5) is 0 Å². The highest BCUT2D eigenvalue weighted by Gasteiger charge is 2.22. The van der Waals surface area contributed by atoms with Gasteiger partial charge in [0.15, 0.2) is 0 Å². The maximum absolute atomic E-state index is 12.4. The van der Waals surface area contributed by atoms with Crippen molar-refractivity contribution in [3.63, 3.8) is 0 Å². The molecule has 0 atom stereocenters. The zero-order chi connectivity index (χ0) is 19.2. The van der Waals surface area contributed by atoms with Gasteiger partial charge in [0, 0.05) is 7.05 Å². The molecule has 138 valence electrons. The molecule has 0 aromatic heterocycles. The second-order valence-electron chi connectivity index (χ2n) is 5.64. The van der Waals surface area contributed by atoms with Gasteiger partial charge in [-0.1, -0.05) is 17.7 Å². The first-order valence-electron chi connectivity index (χ1n) is 7.82. The van der Waals surface area contributed by atoms with Crippen molar-refractivity contribution in [3.05, 3.63) is 59.7 Å². The molecule has 0 aliphatic rings. The molecule has 0 heterocycles. The van der Waals surface area contributed by atoms with Crippen molar-refractivity contribution < 1.29 is 17.9 Å². The number of likely N-dealkylation sites (N-methyl/N-ethyl adjacent to an activating group) is 1. The summed E-state index contributed by atoms with van der Waals surface area (Å²) in [6, 6.07) is 13.5. The van der Waals surface area contributed by atoms with Crippen molar-refractivity contribution >= 4 is 22.1 Å². The lowest BCUT2D eigenvalue weighted by Crippen LogP contribution is -2.36. The van der Waals surface area contributed by atoms with E-state index < -0.39 is 15.9 Å². The Kier molecular flexibility index (Phi) is 6.48. The van der Waals surface area contributed by atoms with E-state index in [4.69, 9.17) is 4.74 Å². The van der Waals surface area contributed by atoms with Crippen LogP contribution in [0.1, 0.15) is 11.1 Å². The van der Waals surface area contributed by atoms with E-state index in [1.54, 1.807) is 43.5 Å². The molecule has 0 saturated heterocycles. The minimum absolute atomic E-state index is 0.139. The summed E-state index contributed by atoms with van der Waals surface area (Å²) in [5.74, 6) is 0.182. The predicted molar refractivity (Wildman–Crippen MR) is 99.7 cm³/mol. The van der Waals surface area contributed by atoms with Crippen molar-refractivity contribution in [2.75, 3.05) is 20.7 Å². The number of carbonyl (C=O) groups excluding carboxylic acids is 1. The Bertz CT molecular complexity index is 876. The number of aryl methyl sites for hydroxylation is 1. The fourth-order valence-corrected chi connectivity index (χ4v) is 3.21. The first-order valence-corrected chi connectivity index (χ1v) is 9.26. The molecule has 1 amide bonds. The summed E-state index contributed by atoms with van der Waals surface area (Å²) in [6.45, 7) is 1.53. The highest BCUT2D eigenvalue weighted by Crippen LogP contribution is 2.14.